The summed E-state index contributed by atoms with van der Waals surface area (Å²) in [5.74, 6) is -0.442. The summed E-state index contributed by atoms with van der Waals surface area (Å²) in [6.07, 6.45) is 1.17. The molecule has 3 nitrogen and oxygen atoms in total. The van der Waals surface area contributed by atoms with Crippen molar-refractivity contribution in [1.82, 2.24) is 5.32 Å². The van der Waals surface area contributed by atoms with Crippen molar-refractivity contribution in [2.24, 2.45) is 0 Å². The molecule has 0 amide bonds. The van der Waals surface area contributed by atoms with Crippen molar-refractivity contribution in [2.45, 2.75) is 19.5 Å². The fourth-order valence-electron chi connectivity index (χ4n) is 1.48. The number of rotatable bonds is 5. The molecule has 1 aromatic carbocycles. The molecule has 0 spiro atoms. The molecule has 1 rings (SSSR count). The molecule has 0 aliphatic rings. The molecular formula is C11H15ClFNO2S. The molecular weight excluding hydrogens is 265 g/mol. The standard InChI is InChI=1S/C11H15ClFNO2S/c1-8(7-17(2,15)16)14-6-9-4-3-5-10(12)11(9)13/h3-5,8,14H,6-7H2,1-2H3. The van der Waals surface area contributed by atoms with Gasteiger partial charge in [-0.25, -0.2) is 12.8 Å². The van der Waals surface area contributed by atoms with Gasteiger partial charge >= 0.3 is 0 Å². The van der Waals surface area contributed by atoms with Crippen molar-refractivity contribution in [3.63, 3.8) is 0 Å². The lowest BCUT2D eigenvalue weighted by molar-refractivity contribution is 0.542. The van der Waals surface area contributed by atoms with Gasteiger partial charge in [0, 0.05) is 24.4 Å². The number of nitrogens with one attached hydrogen (secondary N) is 1. The molecule has 0 bridgehead atoms. The van der Waals surface area contributed by atoms with E-state index in [1.165, 1.54) is 12.3 Å². The van der Waals surface area contributed by atoms with Crippen molar-refractivity contribution in [3.05, 3.63) is 34.6 Å². The third-order valence-electron chi connectivity index (χ3n) is 2.23. The average molecular weight is 280 g/mol. The van der Waals surface area contributed by atoms with Gasteiger partial charge in [-0.3, -0.25) is 0 Å². The molecule has 0 aliphatic heterocycles. The Balaban J connectivity index is 2.59. The van der Waals surface area contributed by atoms with E-state index in [2.05, 4.69) is 5.32 Å². The third kappa shape index (κ3) is 5.02. The number of halogens is 2. The highest BCUT2D eigenvalue weighted by molar-refractivity contribution is 7.90. The lowest BCUT2D eigenvalue weighted by Gasteiger charge is -2.13. The number of hydrogen-bond acceptors (Lipinski definition) is 3. The molecule has 1 aromatic rings. The molecule has 0 saturated carbocycles. The molecule has 96 valence electrons. The van der Waals surface area contributed by atoms with Gasteiger partial charge in [0.2, 0.25) is 0 Å². The van der Waals surface area contributed by atoms with Crippen LogP contribution in [-0.4, -0.2) is 26.5 Å². The maximum absolute atomic E-state index is 13.5. The third-order valence-corrected chi connectivity index (χ3v) is 3.62. The van der Waals surface area contributed by atoms with E-state index in [1.54, 1.807) is 19.1 Å². The highest BCUT2D eigenvalue weighted by Gasteiger charge is 2.11. The van der Waals surface area contributed by atoms with Crippen LogP contribution in [0.25, 0.3) is 0 Å². The normalized spacial score (nSPS) is 13.6. The zero-order valence-electron chi connectivity index (χ0n) is 9.70. The van der Waals surface area contributed by atoms with Gasteiger partial charge < -0.3 is 5.32 Å². The average Bonchev–Trinajstić information content (AvgIpc) is 2.18. The maximum atomic E-state index is 13.5. The van der Waals surface area contributed by atoms with Crippen LogP contribution in [0.3, 0.4) is 0 Å². The van der Waals surface area contributed by atoms with E-state index in [-0.39, 0.29) is 23.4 Å². The second kappa shape index (κ2) is 5.80. The minimum Gasteiger partial charge on any atom is -0.309 e. The van der Waals surface area contributed by atoms with Gasteiger partial charge in [-0.05, 0) is 13.0 Å². The molecule has 0 fully saturated rings. The quantitative estimate of drug-likeness (QED) is 0.897. The zero-order chi connectivity index (χ0) is 13.1. The predicted octanol–water partition coefficient (Wildman–Crippen LogP) is 2.00. The van der Waals surface area contributed by atoms with Crippen molar-refractivity contribution >= 4 is 21.4 Å². The fraction of sp³-hybridized carbons (Fsp3) is 0.455. The molecule has 0 aliphatic carbocycles. The van der Waals surface area contributed by atoms with Crippen LogP contribution in [-0.2, 0) is 16.4 Å². The molecule has 0 saturated heterocycles. The van der Waals surface area contributed by atoms with Gasteiger partial charge in [0.1, 0.15) is 15.7 Å². The van der Waals surface area contributed by atoms with Crippen molar-refractivity contribution in [1.29, 1.82) is 0 Å². The molecule has 0 heterocycles. The monoisotopic (exact) mass is 279 g/mol. The molecule has 1 atom stereocenters. The Hall–Kier alpha value is -0.650. The number of sulfone groups is 1. The number of hydrogen-bond donors (Lipinski definition) is 1. The summed E-state index contributed by atoms with van der Waals surface area (Å²) in [5.41, 5.74) is 0.429. The van der Waals surface area contributed by atoms with E-state index in [0.29, 0.717) is 5.56 Å². The van der Waals surface area contributed by atoms with E-state index in [4.69, 9.17) is 11.6 Å². The summed E-state index contributed by atoms with van der Waals surface area (Å²) in [4.78, 5) is 0. The molecule has 0 aromatic heterocycles. The maximum Gasteiger partial charge on any atom is 0.148 e. The molecule has 1 unspecified atom stereocenters. The Morgan fingerprint density at radius 1 is 1.47 bits per heavy atom. The van der Waals surface area contributed by atoms with Gasteiger partial charge in [0.05, 0.1) is 10.8 Å². The summed E-state index contributed by atoms with van der Waals surface area (Å²) in [6, 6.07) is 4.51. The smallest absolute Gasteiger partial charge is 0.148 e. The summed E-state index contributed by atoms with van der Waals surface area (Å²) in [7, 11) is -3.03. The molecule has 1 N–H and O–H groups in total. The van der Waals surface area contributed by atoms with Crippen LogP contribution in [0.2, 0.25) is 5.02 Å². The molecule has 0 radical (unpaired) electrons. The van der Waals surface area contributed by atoms with E-state index in [1.807, 2.05) is 0 Å². The summed E-state index contributed by atoms with van der Waals surface area (Å²) < 4.78 is 35.6. The van der Waals surface area contributed by atoms with Crippen molar-refractivity contribution in [2.75, 3.05) is 12.0 Å². The summed E-state index contributed by atoms with van der Waals surface area (Å²) >= 11 is 5.64. The molecule has 6 heteroatoms. The van der Waals surface area contributed by atoms with E-state index >= 15 is 0 Å². The largest absolute Gasteiger partial charge is 0.309 e. The highest BCUT2D eigenvalue weighted by Crippen LogP contribution is 2.17. The first-order valence-electron chi connectivity index (χ1n) is 5.13. The van der Waals surface area contributed by atoms with Crippen LogP contribution < -0.4 is 5.32 Å². The van der Waals surface area contributed by atoms with Crippen LogP contribution in [0.1, 0.15) is 12.5 Å². The topological polar surface area (TPSA) is 46.2 Å². The van der Waals surface area contributed by atoms with Crippen molar-refractivity contribution < 1.29 is 12.8 Å². The number of benzene rings is 1. The second-order valence-corrected chi connectivity index (χ2v) is 6.68. The van der Waals surface area contributed by atoms with Gasteiger partial charge in [-0.2, -0.15) is 0 Å². The van der Waals surface area contributed by atoms with E-state index < -0.39 is 15.7 Å². The highest BCUT2D eigenvalue weighted by atomic mass is 35.5. The first-order chi connectivity index (χ1) is 7.79. The van der Waals surface area contributed by atoms with E-state index in [9.17, 15) is 12.8 Å². The van der Waals surface area contributed by atoms with E-state index in [0.717, 1.165) is 0 Å². The van der Waals surface area contributed by atoms with Crippen molar-refractivity contribution in [3.8, 4) is 0 Å². The first-order valence-corrected chi connectivity index (χ1v) is 7.57. The zero-order valence-corrected chi connectivity index (χ0v) is 11.3. The summed E-state index contributed by atoms with van der Waals surface area (Å²) in [5, 5.41) is 3.02. The predicted molar refractivity (Wildman–Crippen MR) is 67.4 cm³/mol. The Morgan fingerprint density at radius 3 is 2.71 bits per heavy atom. The van der Waals surface area contributed by atoms with Crippen LogP contribution in [0.4, 0.5) is 4.39 Å². The van der Waals surface area contributed by atoms with Gasteiger partial charge in [0.15, 0.2) is 0 Å². The van der Waals surface area contributed by atoms with Gasteiger partial charge in [0.25, 0.3) is 0 Å². The SMILES string of the molecule is CC(CS(C)(=O)=O)NCc1cccc(Cl)c1F. The first kappa shape index (κ1) is 14.4. The lowest BCUT2D eigenvalue weighted by Crippen LogP contribution is -2.32. The van der Waals surface area contributed by atoms with Crippen LogP contribution >= 0.6 is 11.6 Å². The van der Waals surface area contributed by atoms with Crippen LogP contribution in [0, 0.1) is 5.82 Å². The Morgan fingerprint density at radius 2 is 2.12 bits per heavy atom. The minimum atomic E-state index is -3.03. The van der Waals surface area contributed by atoms with Gasteiger partial charge in [-0.1, -0.05) is 23.7 Å². The van der Waals surface area contributed by atoms with Gasteiger partial charge in [-0.15, -0.1) is 0 Å². The second-order valence-electron chi connectivity index (χ2n) is 4.09. The molecule has 17 heavy (non-hydrogen) atoms. The Kier molecular flexibility index (Phi) is 4.91. The van der Waals surface area contributed by atoms with Crippen LogP contribution in [0.15, 0.2) is 18.2 Å². The Bertz CT molecular complexity index is 490. The lowest BCUT2D eigenvalue weighted by atomic mass is 10.2. The minimum absolute atomic E-state index is 0.0230. The summed E-state index contributed by atoms with van der Waals surface area (Å²) in [6.45, 7) is 1.99. The fourth-order valence-corrected chi connectivity index (χ4v) is 2.70. The van der Waals surface area contributed by atoms with Crippen LogP contribution in [0.5, 0.6) is 0 Å². The Labute approximate surface area is 106 Å².